The van der Waals surface area contributed by atoms with Gasteiger partial charge in [0.1, 0.15) is 0 Å². The number of hydrogen-bond donors (Lipinski definition) is 0. The minimum atomic E-state index is -0.397. The quantitative estimate of drug-likeness (QED) is 0.419. The first kappa shape index (κ1) is 12.9. The second-order valence-electron chi connectivity index (χ2n) is 5.31. The molecule has 0 bridgehead atoms. The summed E-state index contributed by atoms with van der Waals surface area (Å²) in [6, 6.07) is 0. The van der Waals surface area contributed by atoms with Crippen LogP contribution in [0.3, 0.4) is 0 Å². The van der Waals surface area contributed by atoms with E-state index in [0.29, 0.717) is 12.3 Å². The monoisotopic (exact) mass is 224 g/mol. The fourth-order valence-corrected chi connectivity index (χ4v) is 1.43. The fourth-order valence-electron chi connectivity index (χ4n) is 1.43. The predicted octanol–water partition coefficient (Wildman–Crippen LogP) is 2.70. The van der Waals surface area contributed by atoms with Crippen LogP contribution < -0.4 is 0 Å². The third kappa shape index (κ3) is 3.19. The lowest BCUT2D eigenvalue weighted by Gasteiger charge is -2.25. The van der Waals surface area contributed by atoms with E-state index in [0.717, 1.165) is 0 Å². The Morgan fingerprint density at radius 3 is 2.50 bits per heavy atom. The second-order valence-corrected chi connectivity index (χ2v) is 5.31. The molecule has 3 nitrogen and oxygen atoms in total. The molecule has 16 heavy (non-hydrogen) atoms. The van der Waals surface area contributed by atoms with Crippen molar-refractivity contribution < 1.29 is 14.3 Å². The van der Waals surface area contributed by atoms with E-state index in [2.05, 4.69) is 38.5 Å². The van der Waals surface area contributed by atoms with Crippen LogP contribution in [0.1, 0.15) is 40.5 Å². The van der Waals surface area contributed by atoms with Crippen molar-refractivity contribution in [1.82, 2.24) is 0 Å². The van der Waals surface area contributed by atoms with Gasteiger partial charge in [-0.1, -0.05) is 39.8 Å². The molecule has 0 N–H and O–H groups in total. The van der Waals surface area contributed by atoms with Crippen LogP contribution in [-0.4, -0.2) is 11.9 Å². The van der Waals surface area contributed by atoms with Crippen molar-refractivity contribution in [3.05, 3.63) is 12.2 Å². The third-order valence-electron chi connectivity index (χ3n) is 3.42. The van der Waals surface area contributed by atoms with Crippen molar-refractivity contribution in [2.75, 3.05) is 0 Å². The van der Waals surface area contributed by atoms with Crippen LogP contribution in [0.25, 0.3) is 0 Å². The normalized spacial score (nSPS) is 22.2. The van der Waals surface area contributed by atoms with Crippen molar-refractivity contribution in [3.8, 4) is 0 Å². The summed E-state index contributed by atoms with van der Waals surface area (Å²) in [5, 5.41) is 0. The Morgan fingerprint density at radius 2 is 2.06 bits per heavy atom. The number of rotatable bonds is 4. The predicted molar refractivity (Wildman–Crippen MR) is 61.6 cm³/mol. The first-order valence-electron chi connectivity index (χ1n) is 5.75. The molecule has 1 unspecified atom stereocenters. The van der Waals surface area contributed by atoms with Crippen LogP contribution in [0.4, 0.5) is 0 Å². The Labute approximate surface area is 96.9 Å². The van der Waals surface area contributed by atoms with Crippen molar-refractivity contribution in [1.29, 1.82) is 0 Å². The van der Waals surface area contributed by atoms with Gasteiger partial charge in [0.2, 0.25) is 0 Å². The zero-order chi connectivity index (χ0) is 12.3. The van der Waals surface area contributed by atoms with Crippen molar-refractivity contribution in [2.45, 2.75) is 40.5 Å². The summed E-state index contributed by atoms with van der Waals surface area (Å²) in [6.45, 7) is 8.65. The molecule has 1 aliphatic heterocycles. The maximum atomic E-state index is 11.2. The first-order chi connectivity index (χ1) is 7.33. The van der Waals surface area contributed by atoms with Gasteiger partial charge in [0, 0.05) is 0 Å². The Morgan fingerprint density at radius 1 is 1.44 bits per heavy atom. The molecule has 0 spiro atoms. The minimum absolute atomic E-state index is 0.118. The van der Waals surface area contributed by atoms with Crippen LogP contribution in [0.2, 0.25) is 0 Å². The minimum Gasteiger partial charge on any atom is -0.393 e. The standard InChI is InChI=1S/C13H20O3/c1-9(2)13(3,4)7-5-6-10-8-11(14)16-12(10)15/h5,7,9-10H,6,8H2,1-4H3/b7-5+. The molecule has 0 radical (unpaired) electrons. The van der Waals surface area contributed by atoms with E-state index in [1.54, 1.807) is 0 Å². The lowest BCUT2D eigenvalue weighted by atomic mass is 9.80. The van der Waals surface area contributed by atoms with E-state index in [1.807, 2.05) is 6.08 Å². The zero-order valence-corrected chi connectivity index (χ0v) is 10.4. The molecule has 0 aromatic carbocycles. The summed E-state index contributed by atoms with van der Waals surface area (Å²) in [5.74, 6) is -0.504. The number of hydrogen-bond acceptors (Lipinski definition) is 3. The van der Waals surface area contributed by atoms with E-state index in [-0.39, 0.29) is 23.7 Å². The summed E-state index contributed by atoms with van der Waals surface area (Å²) < 4.78 is 4.49. The van der Waals surface area contributed by atoms with Gasteiger partial charge in [-0.05, 0) is 17.8 Å². The molecule has 3 heteroatoms. The Balaban J connectivity index is 2.49. The number of carbonyl (C=O) groups is 2. The topological polar surface area (TPSA) is 43.4 Å². The van der Waals surface area contributed by atoms with E-state index in [9.17, 15) is 9.59 Å². The molecule has 1 fully saturated rings. The molecule has 0 aromatic heterocycles. The SMILES string of the molecule is CC(C)C(C)(C)/C=C/CC1CC(=O)OC1=O. The highest BCUT2D eigenvalue weighted by molar-refractivity contribution is 5.94. The fraction of sp³-hybridized carbons (Fsp3) is 0.692. The van der Waals surface area contributed by atoms with Crippen molar-refractivity contribution in [3.63, 3.8) is 0 Å². The van der Waals surface area contributed by atoms with Crippen LogP contribution in [0, 0.1) is 17.3 Å². The molecule has 0 aromatic rings. The molecule has 0 aliphatic carbocycles. The number of allylic oxidation sites excluding steroid dienone is 2. The lowest BCUT2D eigenvalue weighted by molar-refractivity contribution is -0.153. The van der Waals surface area contributed by atoms with Gasteiger partial charge in [-0.3, -0.25) is 9.59 Å². The van der Waals surface area contributed by atoms with Crippen molar-refractivity contribution >= 4 is 11.9 Å². The Kier molecular flexibility index (Phi) is 3.89. The molecule has 1 rings (SSSR count). The van der Waals surface area contributed by atoms with Gasteiger partial charge in [0.15, 0.2) is 0 Å². The van der Waals surface area contributed by atoms with Gasteiger partial charge < -0.3 is 4.74 Å². The average Bonchev–Trinajstić information content (AvgIpc) is 2.44. The maximum absolute atomic E-state index is 11.2. The third-order valence-corrected chi connectivity index (χ3v) is 3.42. The van der Waals surface area contributed by atoms with E-state index in [4.69, 9.17) is 0 Å². The number of ether oxygens (including phenoxy) is 1. The number of cyclic esters (lactones) is 2. The Bertz CT molecular complexity index is 313. The van der Waals surface area contributed by atoms with E-state index >= 15 is 0 Å². The summed E-state index contributed by atoms with van der Waals surface area (Å²) in [6.07, 6.45) is 4.93. The molecule has 0 amide bonds. The highest BCUT2D eigenvalue weighted by Gasteiger charge is 2.32. The van der Waals surface area contributed by atoms with E-state index < -0.39 is 5.97 Å². The average molecular weight is 224 g/mol. The number of carbonyl (C=O) groups excluding carboxylic acids is 2. The Hall–Kier alpha value is -1.12. The molecule has 1 saturated heterocycles. The summed E-state index contributed by atoms with van der Waals surface area (Å²) in [5.41, 5.74) is 0.118. The lowest BCUT2D eigenvalue weighted by Crippen LogP contribution is -2.16. The molecular weight excluding hydrogens is 204 g/mol. The van der Waals surface area contributed by atoms with Crippen LogP contribution >= 0.6 is 0 Å². The molecule has 90 valence electrons. The first-order valence-corrected chi connectivity index (χ1v) is 5.75. The van der Waals surface area contributed by atoms with Gasteiger partial charge in [0.25, 0.3) is 0 Å². The molecule has 1 aliphatic rings. The van der Waals surface area contributed by atoms with Crippen molar-refractivity contribution in [2.24, 2.45) is 17.3 Å². The van der Waals surface area contributed by atoms with Crippen LogP contribution in [0.5, 0.6) is 0 Å². The van der Waals surface area contributed by atoms with E-state index in [1.165, 1.54) is 0 Å². The summed E-state index contributed by atoms with van der Waals surface area (Å²) >= 11 is 0. The highest BCUT2D eigenvalue weighted by atomic mass is 16.6. The molecule has 1 heterocycles. The van der Waals surface area contributed by atoms with Gasteiger partial charge in [-0.25, -0.2) is 0 Å². The highest BCUT2D eigenvalue weighted by Crippen LogP contribution is 2.28. The molecule has 0 saturated carbocycles. The second kappa shape index (κ2) is 4.81. The molecular formula is C13H20O3. The summed E-state index contributed by atoms with van der Waals surface area (Å²) in [7, 11) is 0. The van der Waals surface area contributed by atoms with Crippen LogP contribution in [0.15, 0.2) is 12.2 Å². The zero-order valence-electron chi connectivity index (χ0n) is 10.4. The van der Waals surface area contributed by atoms with Gasteiger partial charge in [0.05, 0.1) is 12.3 Å². The maximum Gasteiger partial charge on any atom is 0.317 e. The largest absolute Gasteiger partial charge is 0.393 e. The van der Waals surface area contributed by atoms with Crippen LogP contribution in [-0.2, 0) is 14.3 Å². The molecule has 1 atom stereocenters. The van der Waals surface area contributed by atoms with Gasteiger partial charge >= 0.3 is 11.9 Å². The van der Waals surface area contributed by atoms with Gasteiger partial charge in [-0.2, -0.15) is 0 Å². The summed E-state index contributed by atoms with van der Waals surface area (Å²) in [4.78, 5) is 22.1. The smallest absolute Gasteiger partial charge is 0.317 e. The number of esters is 2. The van der Waals surface area contributed by atoms with Gasteiger partial charge in [-0.15, -0.1) is 0 Å².